The molecule has 0 saturated heterocycles. The quantitative estimate of drug-likeness (QED) is 0.547. The summed E-state index contributed by atoms with van der Waals surface area (Å²) in [6, 6.07) is 2.78. The molecule has 0 radical (unpaired) electrons. The van der Waals surface area contributed by atoms with E-state index in [1.807, 2.05) is 0 Å². The molecule has 1 aromatic rings. The summed E-state index contributed by atoms with van der Waals surface area (Å²) in [6.45, 7) is 1.72. The molecule has 0 N–H and O–H groups in total. The normalized spacial score (nSPS) is 9.93. The molecule has 14 heavy (non-hydrogen) atoms. The van der Waals surface area contributed by atoms with Gasteiger partial charge in [-0.1, -0.05) is 6.07 Å². The number of halogens is 1. The van der Waals surface area contributed by atoms with Crippen LogP contribution in [0.4, 0.5) is 4.39 Å². The maximum Gasteiger partial charge on any atom is 0.188 e. The van der Waals surface area contributed by atoms with E-state index < -0.39 is 5.82 Å². The van der Waals surface area contributed by atoms with Gasteiger partial charge in [-0.3, -0.25) is 4.79 Å². The van der Waals surface area contributed by atoms with Gasteiger partial charge in [0.1, 0.15) is 11.6 Å². The van der Waals surface area contributed by atoms with Crippen LogP contribution in [0.5, 0.6) is 5.75 Å². The van der Waals surface area contributed by atoms with Crippen molar-refractivity contribution in [2.45, 2.75) is 6.92 Å². The lowest BCUT2D eigenvalue weighted by Gasteiger charge is -2.10. The minimum Gasteiger partial charge on any atom is -0.466 e. The van der Waals surface area contributed by atoms with E-state index in [1.54, 1.807) is 13.0 Å². The Morgan fingerprint density at radius 1 is 1.50 bits per heavy atom. The number of hydrogen-bond acceptors (Lipinski definition) is 3. The third-order valence-corrected chi connectivity index (χ3v) is 1.78. The zero-order chi connectivity index (χ0) is 10.6. The predicted molar refractivity (Wildman–Crippen MR) is 49.0 cm³/mol. The van der Waals surface area contributed by atoms with Crippen molar-refractivity contribution in [3.8, 4) is 5.75 Å². The van der Waals surface area contributed by atoms with Gasteiger partial charge in [0.05, 0.1) is 5.56 Å². The number of carbonyl (C=O) groups excluding carboxylic acids is 1. The molecule has 3 nitrogen and oxygen atoms in total. The van der Waals surface area contributed by atoms with Crippen LogP contribution in [-0.4, -0.2) is 20.2 Å². The summed E-state index contributed by atoms with van der Waals surface area (Å²) in [6.07, 6.45) is 0.438. The number of aryl methyl sites for hydroxylation is 1. The highest BCUT2D eigenvalue weighted by Crippen LogP contribution is 2.24. The second kappa shape index (κ2) is 4.72. The van der Waals surface area contributed by atoms with E-state index in [9.17, 15) is 9.18 Å². The van der Waals surface area contributed by atoms with Crippen molar-refractivity contribution in [1.82, 2.24) is 0 Å². The molecule has 0 aliphatic heterocycles. The Balaban J connectivity index is 3.09. The number of benzene rings is 1. The summed E-state index contributed by atoms with van der Waals surface area (Å²) in [4.78, 5) is 10.6. The Hall–Kier alpha value is -1.42. The highest BCUT2D eigenvalue weighted by Gasteiger charge is 2.11. The van der Waals surface area contributed by atoms with E-state index >= 15 is 0 Å². The molecule has 1 rings (SSSR count). The molecule has 76 valence electrons. The van der Waals surface area contributed by atoms with Gasteiger partial charge in [-0.05, 0) is 18.6 Å². The minimum atomic E-state index is -0.586. The lowest BCUT2D eigenvalue weighted by atomic mass is 10.1. The zero-order valence-corrected chi connectivity index (χ0v) is 8.04. The van der Waals surface area contributed by atoms with E-state index in [1.165, 1.54) is 13.2 Å². The topological polar surface area (TPSA) is 35.5 Å². The van der Waals surface area contributed by atoms with E-state index in [2.05, 4.69) is 4.74 Å². The van der Waals surface area contributed by atoms with Gasteiger partial charge in [-0.2, -0.15) is 0 Å². The average molecular weight is 198 g/mol. The van der Waals surface area contributed by atoms with Gasteiger partial charge in [0, 0.05) is 7.11 Å². The number of carbonyl (C=O) groups is 1. The number of rotatable bonds is 4. The molecule has 0 aliphatic rings. The first-order valence-electron chi connectivity index (χ1n) is 4.06. The molecule has 1 aromatic carbocycles. The van der Waals surface area contributed by atoms with Gasteiger partial charge in [0.2, 0.25) is 0 Å². The Morgan fingerprint density at radius 3 is 2.79 bits per heavy atom. The van der Waals surface area contributed by atoms with Crippen molar-refractivity contribution >= 4 is 6.29 Å². The van der Waals surface area contributed by atoms with Crippen LogP contribution in [0.2, 0.25) is 0 Å². The molecule has 0 unspecified atom stereocenters. The van der Waals surface area contributed by atoms with Crippen molar-refractivity contribution in [2.24, 2.45) is 0 Å². The first kappa shape index (κ1) is 10.7. The Morgan fingerprint density at radius 2 is 2.21 bits per heavy atom. The highest BCUT2D eigenvalue weighted by atomic mass is 19.1. The van der Waals surface area contributed by atoms with Crippen LogP contribution in [0.15, 0.2) is 12.1 Å². The number of ether oxygens (including phenoxy) is 2. The molecule has 0 amide bonds. The van der Waals surface area contributed by atoms with Crippen LogP contribution < -0.4 is 4.74 Å². The fourth-order valence-corrected chi connectivity index (χ4v) is 1.10. The Bertz CT molecular complexity index is 336. The zero-order valence-electron chi connectivity index (χ0n) is 8.04. The van der Waals surface area contributed by atoms with Gasteiger partial charge in [0.25, 0.3) is 0 Å². The molecule has 0 aliphatic carbocycles. The Labute approximate surface area is 81.4 Å². The number of aldehydes is 1. The average Bonchev–Trinajstić information content (AvgIpc) is 2.19. The smallest absolute Gasteiger partial charge is 0.188 e. The minimum absolute atomic E-state index is 0.00880. The summed E-state index contributed by atoms with van der Waals surface area (Å²) >= 11 is 0. The van der Waals surface area contributed by atoms with Crippen LogP contribution in [0.1, 0.15) is 15.9 Å². The van der Waals surface area contributed by atoms with Gasteiger partial charge < -0.3 is 9.47 Å². The van der Waals surface area contributed by atoms with Gasteiger partial charge in [0.15, 0.2) is 13.1 Å². The number of hydrogen-bond donors (Lipinski definition) is 0. The summed E-state index contributed by atoms with van der Waals surface area (Å²) in [7, 11) is 1.45. The van der Waals surface area contributed by atoms with Crippen molar-refractivity contribution < 1.29 is 18.7 Å². The van der Waals surface area contributed by atoms with E-state index in [4.69, 9.17) is 4.74 Å². The van der Waals surface area contributed by atoms with Crippen molar-refractivity contribution in [3.63, 3.8) is 0 Å². The lowest BCUT2D eigenvalue weighted by molar-refractivity contribution is 0.0498. The maximum absolute atomic E-state index is 13.1. The SMILES string of the molecule is COCOc1c(C)ccc(F)c1C=O. The lowest BCUT2D eigenvalue weighted by Crippen LogP contribution is -2.04. The second-order valence-electron chi connectivity index (χ2n) is 2.78. The summed E-state index contributed by atoms with van der Waals surface area (Å²) in [5.41, 5.74) is 0.632. The molecule has 4 heteroatoms. The largest absolute Gasteiger partial charge is 0.466 e. The molecular weight excluding hydrogens is 187 g/mol. The van der Waals surface area contributed by atoms with Crippen molar-refractivity contribution in [3.05, 3.63) is 29.1 Å². The van der Waals surface area contributed by atoms with Gasteiger partial charge in [-0.15, -0.1) is 0 Å². The third-order valence-electron chi connectivity index (χ3n) is 1.78. The maximum atomic E-state index is 13.1. The fourth-order valence-electron chi connectivity index (χ4n) is 1.10. The van der Waals surface area contributed by atoms with E-state index in [0.29, 0.717) is 11.8 Å². The predicted octanol–water partition coefficient (Wildman–Crippen LogP) is 1.93. The van der Waals surface area contributed by atoms with Crippen LogP contribution in [0, 0.1) is 12.7 Å². The van der Waals surface area contributed by atoms with Crippen LogP contribution in [-0.2, 0) is 4.74 Å². The van der Waals surface area contributed by atoms with Crippen LogP contribution in [0.25, 0.3) is 0 Å². The van der Waals surface area contributed by atoms with E-state index in [-0.39, 0.29) is 18.1 Å². The summed E-state index contributed by atoms with van der Waals surface area (Å²) < 4.78 is 22.9. The molecule has 0 spiro atoms. The molecule has 0 heterocycles. The Kier molecular flexibility index (Phi) is 3.59. The summed E-state index contributed by atoms with van der Waals surface area (Å²) in [5, 5.41) is 0. The third kappa shape index (κ3) is 2.09. The molecule has 0 fully saturated rings. The fraction of sp³-hybridized carbons (Fsp3) is 0.300. The molecule has 0 atom stereocenters. The monoisotopic (exact) mass is 198 g/mol. The number of methoxy groups -OCH3 is 1. The summed E-state index contributed by atoms with van der Waals surface area (Å²) in [5.74, 6) is -0.349. The molecule has 0 aromatic heterocycles. The first-order valence-corrected chi connectivity index (χ1v) is 4.06. The molecular formula is C10H11FO3. The van der Waals surface area contributed by atoms with Gasteiger partial charge in [-0.25, -0.2) is 4.39 Å². The second-order valence-corrected chi connectivity index (χ2v) is 2.78. The van der Waals surface area contributed by atoms with Gasteiger partial charge >= 0.3 is 0 Å². The van der Waals surface area contributed by atoms with Crippen molar-refractivity contribution in [1.29, 1.82) is 0 Å². The highest BCUT2D eigenvalue weighted by molar-refractivity contribution is 5.80. The molecule has 0 bridgehead atoms. The molecule has 0 saturated carbocycles. The van der Waals surface area contributed by atoms with E-state index in [0.717, 1.165) is 0 Å². The standard InChI is InChI=1S/C10H11FO3/c1-7-3-4-9(11)8(5-12)10(7)14-6-13-2/h3-5H,6H2,1-2H3. The first-order chi connectivity index (χ1) is 6.70. The van der Waals surface area contributed by atoms with Crippen LogP contribution >= 0.6 is 0 Å². The van der Waals surface area contributed by atoms with Crippen molar-refractivity contribution in [2.75, 3.05) is 13.9 Å². The van der Waals surface area contributed by atoms with Crippen LogP contribution in [0.3, 0.4) is 0 Å².